The van der Waals surface area contributed by atoms with E-state index >= 15 is 0 Å². The van der Waals surface area contributed by atoms with Gasteiger partial charge < -0.3 is 20.5 Å². The van der Waals surface area contributed by atoms with Crippen LogP contribution in [0.1, 0.15) is 57.2 Å². The van der Waals surface area contributed by atoms with Crippen LogP contribution in [0, 0.1) is 0 Å². The van der Waals surface area contributed by atoms with E-state index in [4.69, 9.17) is 15.2 Å². The molecule has 0 atom stereocenters. The van der Waals surface area contributed by atoms with Gasteiger partial charge in [-0.3, -0.25) is 4.99 Å². The van der Waals surface area contributed by atoms with Crippen LogP contribution < -0.4 is 20.5 Å². The fourth-order valence-electron chi connectivity index (χ4n) is 2.87. The van der Waals surface area contributed by atoms with Gasteiger partial charge in [0.2, 0.25) is 11.8 Å². The topological polar surface area (TPSA) is 145 Å². The van der Waals surface area contributed by atoms with Gasteiger partial charge in [0.05, 0.1) is 25.1 Å². The molecule has 0 fully saturated rings. The minimum Gasteiger partial charge on any atom is -0.481 e. The number of amides is 2. The molecule has 1 aromatic rings. The van der Waals surface area contributed by atoms with Gasteiger partial charge in [0, 0.05) is 25.2 Å². The second kappa shape index (κ2) is 9.79. The second-order valence-electron chi connectivity index (χ2n) is 7.30. The van der Waals surface area contributed by atoms with E-state index < -0.39 is 21.0 Å². The molecule has 0 spiro atoms. The fourth-order valence-corrected chi connectivity index (χ4v) is 3.81. The third-order valence-electron chi connectivity index (χ3n) is 4.35. The van der Waals surface area contributed by atoms with Gasteiger partial charge in [-0.05, 0) is 17.4 Å². The van der Waals surface area contributed by atoms with Crippen molar-refractivity contribution in [3.8, 4) is 5.88 Å². The number of carbonyl (C=O) groups is 1. The monoisotopic (exact) mass is 439 g/mol. The number of nitrogens with two attached hydrogens (primary N) is 1. The molecule has 0 saturated heterocycles. The van der Waals surface area contributed by atoms with Crippen LogP contribution in [-0.4, -0.2) is 45.6 Å². The molecule has 2 amide bonds. The Hall–Kier alpha value is -2.82. The Morgan fingerprint density at radius 2 is 2.00 bits per heavy atom. The molecule has 0 aliphatic carbocycles. The number of methoxy groups -OCH3 is 1. The van der Waals surface area contributed by atoms with Gasteiger partial charge in [-0.15, -0.1) is 0 Å². The predicted molar refractivity (Wildman–Crippen MR) is 115 cm³/mol. The van der Waals surface area contributed by atoms with Crippen molar-refractivity contribution in [1.29, 1.82) is 0 Å². The van der Waals surface area contributed by atoms with Crippen molar-refractivity contribution in [2.45, 2.75) is 46.0 Å². The van der Waals surface area contributed by atoms with Crippen LogP contribution in [0.15, 0.2) is 22.2 Å². The van der Waals surface area contributed by atoms with Crippen LogP contribution in [0.2, 0.25) is 0 Å². The Bertz CT molecular complexity index is 925. The third kappa shape index (κ3) is 5.41. The van der Waals surface area contributed by atoms with E-state index in [0.717, 1.165) is 11.8 Å². The number of ether oxygens (including phenoxy) is 2. The molecule has 11 heteroatoms. The van der Waals surface area contributed by atoms with E-state index in [1.165, 1.54) is 7.11 Å². The van der Waals surface area contributed by atoms with Gasteiger partial charge >= 0.3 is 6.03 Å². The highest BCUT2D eigenvalue weighted by molar-refractivity contribution is 7.94. The molecule has 1 aliphatic heterocycles. The number of hydrogen-bond donors (Lipinski definition) is 3. The van der Waals surface area contributed by atoms with Crippen LogP contribution in [0.25, 0.3) is 0 Å². The molecule has 166 valence electrons. The highest BCUT2D eigenvalue weighted by atomic mass is 32.2. The summed E-state index contributed by atoms with van der Waals surface area (Å²) in [6.45, 7) is 8.48. The first-order valence-electron chi connectivity index (χ1n) is 9.62. The van der Waals surface area contributed by atoms with Crippen molar-refractivity contribution in [1.82, 2.24) is 9.71 Å². The van der Waals surface area contributed by atoms with Gasteiger partial charge in [-0.1, -0.05) is 27.7 Å². The molecule has 1 aliphatic rings. The highest BCUT2D eigenvalue weighted by Crippen LogP contribution is 2.34. The zero-order chi connectivity index (χ0) is 22.5. The number of anilines is 1. The van der Waals surface area contributed by atoms with Crippen molar-refractivity contribution in [2.24, 2.45) is 10.7 Å². The molecule has 0 radical (unpaired) electrons. The normalized spacial score (nSPS) is 14.9. The van der Waals surface area contributed by atoms with Crippen LogP contribution in [0.5, 0.6) is 5.88 Å². The lowest BCUT2D eigenvalue weighted by atomic mass is 9.97. The second-order valence-corrected chi connectivity index (χ2v) is 8.95. The number of nitrogens with zero attached hydrogens (tertiary/aromatic N) is 2. The van der Waals surface area contributed by atoms with E-state index in [1.54, 1.807) is 6.07 Å². The highest BCUT2D eigenvalue weighted by Gasteiger charge is 2.28. The van der Waals surface area contributed by atoms with Crippen molar-refractivity contribution in [2.75, 3.05) is 25.6 Å². The summed E-state index contributed by atoms with van der Waals surface area (Å²) in [6, 6.07) is 0.776. The first kappa shape index (κ1) is 23.5. The number of pyridine rings is 1. The standard InChI is InChI=1S/C19H29N5O5S/c1-11(2)13-9-15(28-5)22-16(12(3)4)17(13)23-19(25)24-30(26,27)14(10-20)18-21-7-6-8-29-18/h9-12H,6-8,20H2,1-5H3,(H2,23,24,25). The van der Waals surface area contributed by atoms with Crippen LogP contribution in [-0.2, 0) is 14.8 Å². The van der Waals surface area contributed by atoms with Crippen LogP contribution >= 0.6 is 0 Å². The Balaban J connectivity index is 2.34. The van der Waals surface area contributed by atoms with E-state index in [9.17, 15) is 13.2 Å². The lowest BCUT2D eigenvalue weighted by Gasteiger charge is -2.21. The number of sulfonamides is 1. The number of urea groups is 1. The zero-order valence-corrected chi connectivity index (χ0v) is 18.7. The Labute approximate surface area is 177 Å². The summed E-state index contributed by atoms with van der Waals surface area (Å²) in [5.41, 5.74) is 7.28. The first-order chi connectivity index (χ1) is 14.1. The number of carbonyl (C=O) groups excluding carboxylic acids is 1. The summed E-state index contributed by atoms with van der Waals surface area (Å²) in [4.78, 5) is 20.7. The SMILES string of the molecule is COc1cc(C(C)C)c(NC(=O)NS(=O)(=O)C(=CN)C2=NCCCO2)c(C(C)C)n1. The van der Waals surface area contributed by atoms with Gasteiger partial charge in [0.25, 0.3) is 10.0 Å². The van der Waals surface area contributed by atoms with Crippen molar-refractivity contribution >= 4 is 27.6 Å². The van der Waals surface area contributed by atoms with Crippen LogP contribution in [0.3, 0.4) is 0 Å². The lowest BCUT2D eigenvalue weighted by Crippen LogP contribution is -2.38. The van der Waals surface area contributed by atoms with Gasteiger partial charge in [-0.2, -0.15) is 0 Å². The lowest BCUT2D eigenvalue weighted by molar-refractivity contribution is 0.256. The minimum atomic E-state index is -4.30. The maximum atomic E-state index is 12.7. The number of rotatable bonds is 7. The average Bonchev–Trinajstić information content (AvgIpc) is 2.68. The first-order valence-corrected chi connectivity index (χ1v) is 11.1. The molecule has 1 aromatic heterocycles. The average molecular weight is 440 g/mol. The summed E-state index contributed by atoms with van der Waals surface area (Å²) >= 11 is 0. The molecule has 2 heterocycles. The minimum absolute atomic E-state index is 0.0239. The largest absolute Gasteiger partial charge is 0.481 e. The third-order valence-corrected chi connectivity index (χ3v) is 5.69. The van der Waals surface area contributed by atoms with Crippen LogP contribution in [0.4, 0.5) is 10.5 Å². The van der Waals surface area contributed by atoms with E-state index in [1.807, 2.05) is 32.4 Å². The molecular weight excluding hydrogens is 410 g/mol. The summed E-state index contributed by atoms with van der Waals surface area (Å²) in [5, 5.41) is 2.64. The number of nitrogens with one attached hydrogen (secondary N) is 2. The van der Waals surface area contributed by atoms with Crippen molar-refractivity contribution in [3.63, 3.8) is 0 Å². The fraction of sp³-hybridized carbons (Fsp3) is 0.526. The molecule has 10 nitrogen and oxygen atoms in total. The maximum absolute atomic E-state index is 12.7. The van der Waals surface area contributed by atoms with E-state index in [2.05, 4.69) is 15.3 Å². The number of aromatic nitrogens is 1. The number of aliphatic imine (C=N–C) groups is 1. The Kier molecular flexibility index (Phi) is 7.65. The predicted octanol–water partition coefficient (Wildman–Crippen LogP) is 2.41. The molecular formula is C19H29N5O5S. The summed E-state index contributed by atoms with van der Waals surface area (Å²) in [6.07, 6.45) is 1.53. The van der Waals surface area contributed by atoms with E-state index in [0.29, 0.717) is 36.8 Å². The number of hydrogen-bond acceptors (Lipinski definition) is 8. The van der Waals surface area contributed by atoms with E-state index in [-0.39, 0.29) is 17.7 Å². The molecule has 2 rings (SSSR count). The molecule has 0 unspecified atom stereocenters. The Morgan fingerprint density at radius 1 is 1.30 bits per heavy atom. The van der Waals surface area contributed by atoms with Gasteiger partial charge in [0.1, 0.15) is 0 Å². The summed E-state index contributed by atoms with van der Waals surface area (Å²) in [5.74, 6) is 0.285. The molecule has 0 aromatic carbocycles. The van der Waals surface area contributed by atoms with Gasteiger partial charge in [0.15, 0.2) is 4.91 Å². The van der Waals surface area contributed by atoms with Crippen molar-refractivity contribution < 1.29 is 22.7 Å². The summed E-state index contributed by atoms with van der Waals surface area (Å²) < 4.78 is 37.9. The zero-order valence-electron chi connectivity index (χ0n) is 17.9. The maximum Gasteiger partial charge on any atom is 0.333 e. The summed E-state index contributed by atoms with van der Waals surface area (Å²) in [7, 11) is -2.78. The quantitative estimate of drug-likeness (QED) is 0.591. The molecule has 0 saturated carbocycles. The molecule has 0 bridgehead atoms. The van der Waals surface area contributed by atoms with Gasteiger partial charge in [-0.25, -0.2) is 22.9 Å². The smallest absolute Gasteiger partial charge is 0.333 e. The molecule has 30 heavy (non-hydrogen) atoms. The Morgan fingerprint density at radius 3 is 2.50 bits per heavy atom. The molecule has 4 N–H and O–H groups in total. The van der Waals surface area contributed by atoms with Crippen molar-refractivity contribution in [3.05, 3.63) is 28.4 Å².